The third-order valence-electron chi connectivity index (χ3n) is 7.03. The van der Waals surface area contributed by atoms with E-state index >= 15 is 0 Å². The van der Waals surface area contributed by atoms with E-state index in [0.29, 0.717) is 32.2 Å². The fourth-order valence-electron chi connectivity index (χ4n) is 4.69. The van der Waals surface area contributed by atoms with E-state index in [0.717, 1.165) is 20.9 Å². The van der Waals surface area contributed by atoms with E-state index in [2.05, 4.69) is 25.9 Å². The van der Waals surface area contributed by atoms with Crippen LogP contribution in [0.25, 0.3) is 0 Å². The molecule has 252 valence electrons. The van der Waals surface area contributed by atoms with E-state index in [9.17, 15) is 19.5 Å². The van der Waals surface area contributed by atoms with Crippen molar-refractivity contribution >= 4 is 40.7 Å². The number of hydrogen-bond acceptors (Lipinski definition) is 9. The summed E-state index contributed by atoms with van der Waals surface area (Å²) in [7, 11) is 1.61. The summed E-state index contributed by atoms with van der Waals surface area (Å²) in [4.78, 5) is 50.1. The molecule has 2 aromatic carbocycles. The van der Waals surface area contributed by atoms with E-state index in [1.54, 1.807) is 30.5 Å². The van der Waals surface area contributed by atoms with Crippen LogP contribution in [0.3, 0.4) is 0 Å². The summed E-state index contributed by atoms with van der Waals surface area (Å²) in [6.45, 7) is 3.90. The van der Waals surface area contributed by atoms with Crippen molar-refractivity contribution < 1.29 is 24.2 Å². The highest BCUT2D eigenvalue weighted by atomic mass is 32.1. The summed E-state index contributed by atoms with van der Waals surface area (Å²) < 4.78 is 5.43. The van der Waals surface area contributed by atoms with Gasteiger partial charge in [0.05, 0.1) is 29.0 Å². The number of alkyl carbamates (subject to hydrolysis) is 1. The van der Waals surface area contributed by atoms with Crippen molar-refractivity contribution in [2.75, 3.05) is 13.7 Å². The van der Waals surface area contributed by atoms with Gasteiger partial charge in [0.25, 0.3) is 0 Å². The lowest BCUT2D eigenvalue weighted by atomic mass is 9.96. The number of amides is 4. The Balaban J connectivity index is 0.00000294. The van der Waals surface area contributed by atoms with E-state index in [4.69, 9.17) is 4.74 Å². The van der Waals surface area contributed by atoms with Crippen LogP contribution in [0, 0.1) is 0 Å². The Kier molecular flexibility index (Phi) is 16.4. The number of thiazole rings is 2. The number of nitrogens with zero attached hydrogens (tertiary/aromatic N) is 3. The van der Waals surface area contributed by atoms with Gasteiger partial charge in [-0.15, -0.1) is 22.7 Å². The molecule has 3 atom stereocenters. The van der Waals surface area contributed by atoms with Gasteiger partial charge in [0.1, 0.15) is 12.6 Å². The number of rotatable bonds is 16. The van der Waals surface area contributed by atoms with Crippen LogP contribution in [-0.2, 0) is 35.5 Å². The number of hydrogen-bond donors (Lipinski definition) is 4. The summed E-state index contributed by atoms with van der Waals surface area (Å²) in [5.41, 5.74) is 5.45. The Hall–Kier alpha value is -4.33. The van der Waals surface area contributed by atoms with Gasteiger partial charge in [0.15, 0.2) is 0 Å². The van der Waals surface area contributed by atoms with Gasteiger partial charge in [-0.1, -0.05) is 74.5 Å². The van der Waals surface area contributed by atoms with Crippen molar-refractivity contribution in [2.45, 2.75) is 70.8 Å². The molecule has 0 saturated carbocycles. The Morgan fingerprint density at radius 2 is 1.34 bits per heavy atom. The number of nitrogens with one attached hydrogen (secondary N) is 3. The minimum atomic E-state index is -1.14. The molecule has 3 unspecified atom stereocenters. The van der Waals surface area contributed by atoms with Crippen molar-refractivity contribution in [3.63, 3.8) is 0 Å². The first kappa shape index (κ1) is 37.1. The number of urea groups is 1. The quantitative estimate of drug-likeness (QED) is 0.128. The molecule has 13 heteroatoms. The molecule has 0 aliphatic rings. The van der Waals surface area contributed by atoms with E-state index in [1.165, 1.54) is 27.6 Å². The molecule has 4 N–H and O–H groups in total. The molecule has 0 bridgehead atoms. The molecule has 2 aromatic heterocycles. The lowest BCUT2D eigenvalue weighted by Crippen LogP contribution is -2.54. The van der Waals surface area contributed by atoms with Crippen LogP contribution in [0.2, 0.25) is 0 Å². The zero-order chi connectivity index (χ0) is 33.9. The maximum Gasteiger partial charge on any atom is 0.407 e. The summed E-state index contributed by atoms with van der Waals surface area (Å²) in [6.07, 6.45) is 4.97. The zero-order valence-corrected chi connectivity index (χ0v) is 28.6. The minimum absolute atomic E-state index is 0.134. The summed E-state index contributed by atoms with van der Waals surface area (Å²) in [6, 6.07) is 17.4. The second kappa shape index (κ2) is 20.7. The molecule has 11 nitrogen and oxygen atoms in total. The second-order valence-electron chi connectivity index (χ2n) is 10.6. The third kappa shape index (κ3) is 13.5. The Labute approximate surface area is 284 Å². The Bertz CT molecular complexity index is 1440. The number of aromatic nitrogens is 2. The van der Waals surface area contributed by atoms with Crippen molar-refractivity contribution in [3.8, 4) is 0 Å². The Morgan fingerprint density at radius 3 is 1.85 bits per heavy atom. The van der Waals surface area contributed by atoms with Crippen LogP contribution in [0.4, 0.5) is 9.59 Å². The minimum Gasteiger partial charge on any atom is -0.444 e. The molecule has 0 saturated heterocycles. The van der Waals surface area contributed by atoms with Gasteiger partial charge in [0, 0.05) is 36.4 Å². The van der Waals surface area contributed by atoms with Gasteiger partial charge in [-0.2, -0.15) is 0 Å². The molecule has 0 radical (unpaired) electrons. The number of benzene rings is 2. The fourth-order valence-corrected chi connectivity index (χ4v) is 5.84. The normalized spacial score (nSPS) is 12.4. The molecule has 2 heterocycles. The summed E-state index contributed by atoms with van der Waals surface area (Å²) in [5, 5.41) is 18.7. The maximum atomic E-state index is 13.4. The topological polar surface area (TPSA) is 146 Å². The fraction of sp³-hybridized carbons (Fsp3) is 0.382. The first-order chi connectivity index (χ1) is 22.9. The van der Waals surface area contributed by atoms with Crippen LogP contribution in [0.1, 0.15) is 47.6 Å². The number of ether oxygens (including phenoxy) is 1. The molecule has 0 spiro atoms. The van der Waals surface area contributed by atoms with E-state index < -0.39 is 30.7 Å². The van der Waals surface area contributed by atoms with Crippen molar-refractivity contribution in [2.24, 2.45) is 0 Å². The zero-order valence-electron chi connectivity index (χ0n) is 27.0. The van der Waals surface area contributed by atoms with E-state index in [1.807, 2.05) is 74.5 Å². The van der Waals surface area contributed by atoms with Crippen molar-refractivity contribution in [1.29, 1.82) is 0 Å². The molecule has 0 fully saturated rings. The average molecular weight is 681 g/mol. The highest BCUT2D eigenvalue weighted by Gasteiger charge is 2.25. The molecule has 4 amide bonds. The van der Waals surface area contributed by atoms with Crippen LogP contribution < -0.4 is 16.0 Å². The van der Waals surface area contributed by atoms with Gasteiger partial charge in [-0.25, -0.2) is 9.59 Å². The lowest BCUT2D eigenvalue weighted by molar-refractivity contribution is -0.124. The second-order valence-corrected chi connectivity index (χ2v) is 12.5. The molecule has 47 heavy (non-hydrogen) atoms. The van der Waals surface area contributed by atoms with Crippen LogP contribution in [-0.4, -0.2) is 69.8 Å². The molecular weight excluding hydrogens is 637 g/mol. The Morgan fingerprint density at radius 1 is 0.809 bits per heavy atom. The van der Waals surface area contributed by atoms with Crippen molar-refractivity contribution in [1.82, 2.24) is 30.8 Å². The van der Waals surface area contributed by atoms with Crippen LogP contribution >= 0.6 is 22.7 Å². The smallest absolute Gasteiger partial charge is 0.407 e. The summed E-state index contributed by atoms with van der Waals surface area (Å²) in [5.74, 6) is -0.491. The highest BCUT2D eigenvalue weighted by molar-refractivity contribution is 7.09. The highest BCUT2D eigenvalue weighted by Crippen LogP contribution is 2.15. The molecule has 4 rings (SSSR count). The third-order valence-corrected chi connectivity index (χ3v) is 8.55. The van der Waals surface area contributed by atoms with Gasteiger partial charge >= 0.3 is 12.1 Å². The largest absolute Gasteiger partial charge is 0.444 e. The SMILES string of the molecule is CC.CN(Cc1cncs1)C(=O)NC(CO)C(=O)NC(CCC(Cc1ccccc1)NC(=O)OCc1cncs1)Cc1ccccc1. The van der Waals surface area contributed by atoms with Gasteiger partial charge in [-0.3, -0.25) is 14.8 Å². The van der Waals surface area contributed by atoms with Crippen LogP contribution in [0.5, 0.6) is 0 Å². The molecule has 4 aromatic rings. The standard InChI is InChI=1S/C32H38N6O5S2.C2H6/c1-38(18-27-16-33-21-44-27)31(41)37-29(19-39)30(40)35-25(14-23-8-4-2-5-9-23)12-13-26(15-24-10-6-3-7-11-24)36-32(42)43-20-28-17-34-22-45-28;1-2/h2-11,16-17,21-22,25-26,29,39H,12-15,18-20H2,1H3,(H,35,40)(H,36,42)(H,37,41);1-2H3. The first-order valence-corrected chi connectivity index (χ1v) is 17.3. The average Bonchev–Trinajstić information content (AvgIpc) is 3.82. The van der Waals surface area contributed by atoms with Gasteiger partial charge < -0.3 is 30.7 Å². The van der Waals surface area contributed by atoms with Gasteiger partial charge in [0.2, 0.25) is 5.91 Å². The monoisotopic (exact) mass is 680 g/mol. The van der Waals surface area contributed by atoms with E-state index in [-0.39, 0.29) is 18.7 Å². The predicted molar refractivity (Wildman–Crippen MR) is 185 cm³/mol. The first-order valence-electron chi connectivity index (χ1n) is 15.6. The lowest BCUT2D eigenvalue weighted by Gasteiger charge is -2.26. The molecule has 0 aliphatic heterocycles. The number of aliphatic hydroxyl groups is 1. The number of aliphatic hydroxyl groups excluding tert-OH is 1. The van der Waals surface area contributed by atoms with Crippen molar-refractivity contribution in [3.05, 3.63) is 105 Å². The summed E-state index contributed by atoms with van der Waals surface area (Å²) >= 11 is 2.84. The number of carbonyl (C=O) groups excluding carboxylic acids is 3. The number of carbonyl (C=O) groups is 3. The van der Waals surface area contributed by atoms with Crippen LogP contribution in [0.15, 0.2) is 84.1 Å². The molecule has 0 aliphatic carbocycles. The van der Waals surface area contributed by atoms with Gasteiger partial charge in [-0.05, 0) is 36.8 Å². The molecular formula is C34H44N6O5S2. The predicted octanol–water partition coefficient (Wildman–Crippen LogP) is 5.17. The maximum absolute atomic E-state index is 13.4.